The number of amides is 2. The van der Waals surface area contributed by atoms with Gasteiger partial charge in [-0.15, -0.1) is 0 Å². The molecule has 1 aromatic rings. The van der Waals surface area contributed by atoms with E-state index in [1.165, 1.54) is 0 Å². The summed E-state index contributed by atoms with van der Waals surface area (Å²) in [5, 5.41) is 5.67. The van der Waals surface area contributed by atoms with Gasteiger partial charge in [-0.2, -0.15) is 0 Å². The van der Waals surface area contributed by atoms with Crippen molar-refractivity contribution in [3.63, 3.8) is 0 Å². The maximum atomic E-state index is 11.4. The van der Waals surface area contributed by atoms with Gasteiger partial charge >= 0.3 is 0 Å². The lowest BCUT2D eigenvalue weighted by molar-refractivity contribution is -0.116. The van der Waals surface area contributed by atoms with Gasteiger partial charge in [0.05, 0.1) is 17.3 Å². The van der Waals surface area contributed by atoms with Gasteiger partial charge in [-0.05, 0) is 24.6 Å². The van der Waals surface area contributed by atoms with Crippen molar-refractivity contribution >= 4 is 34.8 Å². The first-order chi connectivity index (χ1) is 8.56. The topological polar surface area (TPSA) is 84.2 Å². The lowest BCUT2D eigenvalue weighted by atomic mass is 10.2. The van der Waals surface area contributed by atoms with Crippen molar-refractivity contribution in [3.05, 3.63) is 23.2 Å². The fourth-order valence-corrected chi connectivity index (χ4v) is 1.52. The van der Waals surface area contributed by atoms with Crippen LogP contribution in [-0.4, -0.2) is 18.4 Å². The molecule has 0 unspecified atom stereocenters. The molecule has 4 N–H and O–H groups in total. The lowest BCUT2D eigenvalue weighted by Crippen LogP contribution is -2.22. The molecule has 18 heavy (non-hydrogen) atoms. The van der Waals surface area contributed by atoms with Crippen molar-refractivity contribution in [2.24, 2.45) is 5.73 Å². The largest absolute Gasteiger partial charge is 0.326 e. The summed E-state index contributed by atoms with van der Waals surface area (Å²) in [6, 6.07) is 4.88. The summed E-state index contributed by atoms with van der Waals surface area (Å²) in [4.78, 5) is 22.6. The van der Waals surface area contributed by atoms with Gasteiger partial charge in [-0.1, -0.05) is 18.5 Å². The van der Waals surface area contributed by atoms with Gasteiger partial charge in [-0.25, -0.2) is 0 Å². The van der Waals surface area contributed by atoms with E-state index in [1.54, 1.807) is 18.2 Å². The Morgan fingerprint density at radius 1 is 1.28 bits per heavy atom. The molecule has 0 aromatic heterocycles. The first kappa shape index (κ1) is 14.5. The molecule has 6 heteroatoms. The van der Waals surface area contributed by atoms with E-state index >= 15 is 0 Å². The lowest BCUT2D eigenvalue weighted by Gasteiger charge is -2.09. The third kappa shape index (κ3) is 4.35. The maximum Gasteiger partial charge on any atom is 0.238 e. The number of nitrogens with one attached hydrogen (secondary N) is 2. The number of halogens is 1. The first-order valence-corrected chi connectivity index (χ1v) is 6.04. The van der Waals surface area contributed by atoms with Gasteiger partial charge in [0.2, 0.25) is 11.8 Å². The highest BCUT2D eigenvalue weighted by molar-refractivity contribution is 6.33. The third-order valence-corrected chi connectivity index (χ3v) is 2.52. The molecule has 0 heterocycles. The number of rotatable bonds is 5. The molecule has 0 aliphatic rings. The Balaban J connectivity index is 2.80. The summed E-state index contributed by atoms with van der Waals surface area (Å²) in [5.74, 6) is -0.412. The van der Waals surface area contributed by atoms with Crippen LogP contribution < -0.4 is 16.4 Å². The second kappa shape index (κ2) is 6.98. The Morgan fingerprint density at radius 2 is 2.00 bits per heavy atom. The summed E-state index contributed by atoms with van der Waals surface area (Å²) in [5.41, 5.74) is 6.22. The highest BCUT2D eigenvalue weighted by Crippen LogP contribution is 2.25. The highest BCUT2D eigenvalue weighted by Gasteiger charge is 2.07. The number of hydrogen-bond acceptors (Lipinski definition) is 3. The summed E-state index contributed by atoms with van der Waals surface area (Å²) in [6.07, 6.45) is 1.23. The second-order valence-electron chi connectivity index (χ2n) is 3.75. The van der Waals surface area contributed by atoms with Crippen molar-refractivity contribution in [3.8, 4) is 0 Å². The smallest absolute Gasteiger partial charge is 0.238 e. The minimum atomic E-state index is -0.339. The minimum Gasteiger partial charge on any atom is -0.326 e. The van der Waals surface area contributed by atoms with Crippen LogP contribution in [0.5, 0.6) is 0 Å². The molecule has 0 radical (unpaired) electrons. The van der Waals surface area contributed by atoms with Gasteiger partial charge < -0.3 is 16.4 Å². The molecule has 0 saturated carbocycles. The molecule has 0 saturated heterocycles. The zero-order valence-corrected chi connectivity index (χ0v) is 10.9. The molecule has 5 nitrogen and oxygen atoms in total. The molecule has 0 aliphatic carbocycles. The number of benzene rings is 1. The number of carbonyl (C=O) groups is 2. The highest BCUT2D eigenvalue weighted by atomic mass is 35.5. The van der Waals surface area contributed by atoms with E-state index in [2.05, 4.69) is 10.6 Å². The molecule has 1 rings (SSSR count). The van der Waals surface area contributed by atoms with Gasteiger partial charge in [-0.3, -0.25) is 9.59 Å². The Bertz CT molecular complexity index is 449. The van der Waals surface area contributed by atoms with Gasteiger partial charge in [0.15, 0.2) is 0 Å². The van der Waals surface area contributed by atoms with Crippen molar-refractivity contribution in [1.82, 2.24) is 0 Å². The Kier molecular flexibility index (Phi) is 5.61. The van der Waals surface area contributed by atoms with Crippen LogP contribution in [0.2, 0.25) is 5.02 Å². The second-order valence-corrected chi connectivity index (χ2v) is 4.15. The van der Waals surface area contributed by atoms with Crippen molar-refractivity contribution in [2.75, 3.05) is 17.2 Å². The summed E-state index contributed by atoms with van der Waals surface area (Å²) < 4.78 is 0. The van der Waals surface area contributed by atoms with E-state index in [-0.39, 0.29) is 18.4 Å². The van der Waals surface area contributed by atoms with Crippen LogP contribution in [-0.2, 0) is 9.59 Å². The first-order valence-electron chi connectivity index (χ1n) is 5.66. The van der Waals surface area contributed by atoms with E-state index in [4.69, 9.17) is 17.3 Å². The molecule has 0 fully saturated rings. The summed E-state index contributed by atoms with van der Waals surface area (Å²) in [7, 11) is 0. The summed E-state index contributed by atoms with van der Waals surface area (Å²) in [6.45, 7) is 1.80. The standard InChI is InChI=1S/C12H16ClN3O2/c1-2-3-11(17)15-8-4-5-9(13)10(6-8)16-12(18)7-14/h4-6H,2-3,7,14H2,1H3,(H,15,17)(H,16,18). The summed E-state index contributed by atoms with van der Waals surface area (Å²) >= 11 is 5.93. The zero-order chi connectivity index (χ0) is 13.5. The van der Waals surface area contributed by atoms with Crippen LogP contribution in [0.3, 0.4) is 0 Å². The quantitative estimate of drug-likeness (QED) is 0.764. The molecule has 1 aromatic carbocycles. The molecule has 0 bridgehead atoms. The van der Waals surface area contributed by atoms with Crippen LogP contribution >= 0.6 is 11.6 Å². The fraction of sp³-hybridized carbons (Fsp3) is 0.333. The molecule has 0 aliphatic heterocycles. The average Bonchev–Trinajstić information content (AvgIpc) is 2.33. The number of carbonyl (C=O) groups excluding carboxylic acids is 2. The van der Waals surface area contributed by atoms with Crippen LogP contribution in [0.25, 0.3) is 0 Å². The predicted octanol–water partition coefficient (Wildman–Crippen LogP) is 1.98. The number of anilines is 2. The number of nitrogens with two attached hydrogens (primary N) is 1. The maximum absolute atomic E-state index is 11.4. The van der Waals surface area contributed by atoms with Crippen molar-refractivity contribution in [1.29, 1.82) is 0 Å². The van der Waals surface area contributed by atoms with Gasteiger partial charge in [0, 0.05) is 12.1 Å². The van der Waals surface area contributed by atoms with E-state index in [9.17, 15) is 9.59 Å². The zero-order valence-electron chi connectivity index (χ0n) is 10.1. The number of hydrogen-bond donors (Lipinski definition) is 3. The Morgan fingerprint density at radius 3 is 2.61 bits per heavy atom. The van der Waals surface area contributed by atoms with Gasteiger partial charge in [0.25, 0.3) is 0 Å². The normalized spacial score (nSPS) is 9.94. The third-order valence-electron chi connectivity index (χ3n) is 2.19. The molecular weight excluding hydrogens is 254 g/mol. The van der Waals surface area contributed by atoms with Crippen LogP contribution in [0.4, 0.5) is 11.4 Å². The van der Waals surface area contributed by atoms with Crippen molar-refractivity contribution in [2.45, 2.75) is 19.8 Å². The van der Waals surface area contributed by atoms with E-state index in [0.717, 1.165) is 6.42 Å². The van der Waals surface area contributed by atoms with Crippen LogP contribution in [0.1, 0.15) is 19.8 Å². The Labute approximate surface area is 111 Å². The van der Waals surface area contributed by atoms with Crippen LogP contribution in [0.15, 0.2) is 18.2 Å². The SMILES string of the molecule is CCCC(=O)Nc1ccc(Cl)c(NC(=O)CN)c1. The van der Waals surface area contributed by atoms with Crippen LogP contribution in [0, 0.1) is 0 Å². The van der Waals surface area contributed by atoms with E-state index in [1.807, 2.05) is 6.92 Å². The molecule has 0 atom stereocenters. The predicted molar refractivity (Wildman–Crippen MR) is 72.7 cm³/mol. The molecule has 98 valence electrons. The average molecular weight is 270 g/mol. The van der Waals surface area contributed by atoms with Crippen molar-refractivity contribution < 1.29 is 9.59 Å². The molecule has 2 amide bonds. The monoisotopic (exact) mass is 269 g/mol. The Hall–Kier alpha value is -1.59. The minimum absolute atomic E-state index is 0.0732. The fourth-order valence-electron chi connectivity index (χ4n) is 1.35. The van der Waals surface area contributed by atoms with E-state index in [0.29, 0.717) is 22.8 Å². The van der Waals surface area contributed by atoms with Gasteiger partial charge in [0.1, 0.15) is 0 Å². The molecule has 0 spiro atoms. The molecular formula is C12H16ClN3O2. The van der Waals surface area contributed by atoms with E-state index < -0.39 is 0 Å².